The van der Waals surface area contributed by atoms with Gasteiger partial charge in [0.05, 0.1) is 12.7 Å². The van der Waals surface area contributed by atoms with Crippen molar-refractivity contribution in [3.8, 4) is 5.75 Å². The minimum atomic E-state index is -0.259. The van der Waals surface area contributed by atoms with Gasteiger partial charge < -0.3 is 15.4 Å². The number of hydrogen-bond donors (Lipinski definition) is 2. The first kappa shape index (κ1) is 16.5. The summed E-state index contributed by atoms with van der Waals surface area (Å²) in [6, 6.07) is 14.5. The second-order valence-electron chi connectivity index (χ2n) is 5.12. The highest BCUT2D eigenvalue weighted by Crippen LogP contribution is 2.16. The Kier molecular flexibility index (Phi) is 5.74. The van der Waals surface area contributed by atoms with Crippen molar-refractivity contribution in [2.24, 2.45) is 0 Å². The molecule has 0 unspecified atom stereocenters. The lowest BCUT2D eigenvalue weighted by atomic mass is 10.2. The van der Waals surface area contributed by atoms with Crippen LogP contribution < -0.4 is 15.4 Å². The topological polar surface area (TPSA) is 67.4 Å². The van der Waals surface area contributed by atoms with Crippen molar-refractivity contribution in [3.05, 3.63) is 59.7 Å². The van der Waals surface area contributed by atoms with Crippen LogP contribution in [0.5, 0.6) is 5.75 Å². The maximum absolute atomic E-state index is 12.1. The number of rotatable bonds is 6. The number of hydrogen-bond acceptors (Lipinski definition) is 3. The number of benzene rings is 2. The lowest BCUT2D eigenvalue weighted by Gasteiger charge is -2.09. The molecule has 0 aliphatic rings. The third-order valence-electron chi connectivity index (χ3n) is 3.32. The van der Waals surface area contributed by atoms with Crippen molar-refractivity contribution in [1.29, 1.82) is 0 Å². The van der Waals surface area contributed by atoms with E-state index >= 15 is 0 Å². The third-order valence-corrected chi connectivity index (χ3v) is 3.32. The molecule has 0 aliphatic heterocycles. The molecule has 0 atom stereocenters. The molecule has 2 N–H and O–H groups in total. The van der Waals surface area contributed by atoms with E-state index in [4.69, 9.17) is 4.74 Å². The molecular weight excluding hydrogens is 292 g/mol. The van der Waals surface area contributed by atoms with Gasteiger partial charge in [-0.2, -0.15) is 0 Å². The molecule has 5 nitrogen and oxygen atoms in total. The Morgan fingerprint density at radius 3 is 2.43 bits per heavy atom. The summed E-state index contributed by atoms with van der Waals surface area (Å²) < 4.78 is 5.14. The van der Waals surface area contributed by atoms with Gasteiger partial charge >= 0.3 is 0 Å². The second-order valence-corrected chi connectivity index (χ2v) is 5.12. The molecule has 0 saturated heterocycles. The van der Waals surface area contributed by atoms with Crippen molar-refractivity contribution < 1.29 is 14.3 Å². The Balaban J connectivity index is 1.81. The lowest BCUT2D eigenvalue weighted by molar-refractivity contribution is -0.116. The summed E-state index contributed by atoms with van der Waals surface area (Å²) in [5, 5.41) is 5.51. The Morgan fingerprint density at radius 1 is 1.04 bits per heavy atom. The first-order valence-corrected chi connectivity index (χ1v) is 7.38. The fourth-order valence-corrected chi connectivity index (χ4v) is 2.08. The quantitative estimate of drug-likeness (QED) is 0.862. The number of nitrogens with one attached hydrogen (secondary N) is 2. The summed E-state index contributed by atoms with van der Waals surface area (Å²) in [6.07, 6.45) is 0.203. The van der Waals surface area contributed by atoms with E-state index in [2.05, 4.69) is 10.6 Å². The molecule has 5 heteroatoms. The summed E-state index contributed by atoms with van der Waals surface area (Å²) in [6.45, 7) is 2.24. The fourth-order valence-electron chi connectivity index (χ4n) is 2.08. The van der Waals surface area contributed by atoms with Gasteiger partial charge in [0, 0.05) is 18.7 Å². The number of amides is 2. The zero-order chi connectivity index (χ0) is 16.7. The van der Waals surface area contributed by atoms with Crippen molar-refractivity contribution in [3.63, 3.8) is 0 Å². The Hall–Kier alpha value is -2.82. The van der Waals surface area contributed by atoms with Crippen molar-refractivity contribution >= 4 is 17.5 Å². The standard InChI is InChI=1S/C18H20N2O3/c1-13-7-9-14(10-8-13)20-17(21)11-12-19-18(22)15-5-3-4-6-16(15)23-2/h3-10H,11-12H2,1-2H3,(H,19,22)(H,20,21). The Bertz CT molecular complexity index is 681. The van der Waals surface area contributed by atoms with E-state index in [9.17, 15) is 9.59 Å². The van der Waals surface area contributed by atoms with E-state index in [-0.39, 0.29) is 24.8 Å². The predicted molar refractivity (Wildman–Crippen MR) is 89.8 cm³/mol. The maximum Gasteiger partial charge on any atom is 0.255 e. The highest BCUT2D eigenvalue weighted by Gasteiger charge is 2.11. The van der Waals surface area contributed by atoms with Crippen LogP contribution >= 0.6 is 0 Å². The van der Waals surface area contributed by atoms with Crippen LogP contribution in [0.1, 0.15) is 22.3 Å². The number of methoxy groups -OCH3 is 1. The number of ether oxygens (including phenoxy) is 1. The smallest absolute Gasteiger partial charge is 0.255 e. The molecule has 0 fully saturated rings. The number of carbonyl (C=O) groups is 2. The van der Waals surface area contributed by atoms with Crippen LogP contribution in [-0.2, 0) is 4.79 Å². The number of anilines is 1. The van der Waals surface area contributed by atoms with Gasteiger partial charge in [0.25, 0.3) is 5.91 Å². The lowest BCUT2D eigenvalue weighted by Crippen LogP contribution is -2.28. The second kappa shape index (κ2) is 7.98. The first-order valence-electron chi connectivity index (χ1n) is 7.38. The zero-order valence-corrected chi connectivity index (χ0v) is 13.3. The number of carbonyl (C=O) groups excluding carboxylic acids is 2. The van der Waals surface area contributed by atoms with Crippen LogP contribution in [0.3, 0.4) is 0 Å². The minimum absolute atomic E-state index is 0.144. The van der Waals surface area contributed by atoms with Gasteiger partial charge in [-0.3, -0.25) is 9.59 Å². The summed E-state index contributed by atoms with van der Waals surface area (Å²) in [5.74, 6) is 0.105. The van der Waals surface area contributed by atoms with Gasteiger partial charge in [-0.1, -0.05) is 29.8 Å². The van der Waals surface area contributed by atoms with E-state index < -0.39 is 0 Å². The highest BCUT2D eigenvalue weighted by molar-refractivity contribution is 5.97. The van der Waals surface area contributed by atoms with Gasteiger partial charge in [0.1, 0.15) is 5.75 Å². The SMILES string of the molecule is COc1ccccc1C(=O)NCCC(=O)Nc1ccc(C)cc1. The normalized spacial score (nSPS) is 10.0. The van der Waals surface area contributed by atoms with Crippen molar-refractivity contribution in [1.82, 2.24) is 5.32 Å². The molecule has 0 aliphatic carbocycles. The summed E-state index contributed by atoms with van der Waals surface area (Å²) in [4.78, 5) is 23.9. The van der Waals surface area contributed by atoms with Crippen molar-refractivity contribution in [2.75, 3.05) is 19.0 Å². The Labute approximate surface area is 135 Å². The van der Waals surface area contributed by atoms with Gasteiger partial charge in [-0.15, -0.1) is 0 Å². The fraction of sp³-hybridized carbons (Fsp3) is 0.222. The van der Waals surface area contributed by atoms with E-state index in [0.29, 0.717) is 11.3 Å². The van der Waals surface area contributed by atoms with E-state index in [0.717, 1.165) is 11.3 Å². The first-order chi connectivity index (χ1) is 11.1. The molecule has 0 saturated carbocycles. The summed E-state index contributed by atoms with van der Waals surface area (Å²) in [5.41, 5.74) is 2.33. The number of aryl methyl sites for hydroxylation is 1. The van der Waals surface area contributed by atoms with Gasteiger partial charge in [0.2, 0.25) is 5.91 Å². The van der Waals surface area contributed by atoms with Gasteiger partial charge in [-0.05, 0) is 31.2 Å². The monoisotopic (exact) mass is 312 g/mol. The molecule has 2 aromatic carbocycles. The average Bonchev–Trinajstić information content (AvgIpc) is 2.56. The summed E-state index contributed by atoms with van der Waals surface area (Å²) >= 11 is 0. The van der Waals surface area contributed by atoms with Crippen LogP contribution in [-0.4, -0.2) is 25.5 Å². The third kappa shape index (κ3) is 4.85. The molecule has 23 heavy (non-hydrogen) atoms. The molecular formula is C18H20N2O3. The van der Waals surface area contributed by atoms with Crippen LogP contribution in [0.4, 0.5) is 5.69 Å². The molecule has 0 radical (unpaired) electrons. The molecule has 0 spiro atoms. The number of para-hydroxylation sites is 1. The molecule has 2 amide bonds. The van der Waals surface area contributed by atoms with Crippen molar-refractivity contribution in [2.45, 2.75) is 13.3 Å². The van der Waals surface area contributed by atoms with Gasteiger partial charge in [-0.25, -0.2) is 0 Å². The molecule has 2 rings (SSSR count). The van der Waals surface area contributed by atoms with Gasteiger partial charge in [0.15, 0.2) is 0 Å². The van der Waals surface area contributed by atoms with Crippen LogP contribution in [0.25, 0.3) is 0 Å². The largest absolute Gasteiger partial charge is 0.496 e. The van der Waals surface area contributed by atoms with E-state index in [1.807, 2.05) is 31.2 Å². The zero-order valence-electron chi connectivity index (χ0n) is 13.3. The van der Waals surface area contributed by atoms with Crippen LogP contribution in [0, 0.1) is 6.92 Å². The average molecular weight is 312 g/mol. The molecule has 0 bridgehead atoms. The molecule has 2 aromatic rings. The highest BCUT2D eigenvalue weighted by atomic mass is 16.5. The molecule has 120 valence electrons. The van der Waals surface area contributed by atoms with E-state index in [1.54, 1.807) is 24.3 Å². The molecule has 0 heterocycles. The maximum atomic E-state index is 12.1. The van der Waals surface area contributed by atoms with E-state index in [1.165, 1.54) is 7.11 Å². The molecule has 0 aromatic heterocycles. The van der Waals surface area contributed by atoms with Crippen LogP contribution in [0.15, 0.2) is 48.5 Å². The predicted octanol–water partition coefficient (Wildman–Crippen LogP) is 2.76. The van der Waals surface area contributed by atoms with Crippen LogP contribution in [0.2, 0.25) is 0 Å². The minimum Gasteiger partial charge on any atom is -0.496 e. The Morgan fingerprint density at radius 2 is 1.74 bits per heavy atom. The summed E-state index contributed by atoms with van der Waals surface area (Å²) in [7, 11) is 1.52.